The Morgan fingerprint density at radius 1 is 1.00 bits per heavy atom. The second kappa shape index (κ2) is 11.9. The van der Waals surface area contributed by atoms with Crippen molar-refractivity contribution in [2.24, 2.45) is 4.99 Å². The Kier molecular flexibility index (Phi) is 10.3. The van der Waals surface area contributed by atoms with Crippen molar-refractivity contribution < 1.29 is 0 Å². The van der Waals surface area contributed by atoms with Crippen molar-refractivity contribution in [2.45, 2.75) is 25.9 Å². The number of benzene rings is 2. The summed E-state index contributed by atoms with van der Waals surface area (Å²) >= 11 is 0. The number of halogens is 1. The Hall–Kier alpha value is -1.60. The highest BCUT2D eigenvalue weighted by Gasteiger charge is 2.13. The van der Waals surface area contributed by atoms with Crippen LogP contribution in [0.4, 0.5) is 0 Å². The summed E-state index contributed by atoms with van der Waals surface area (Å²) in [6.45, 7) is 3.73. The highest BCUT2D eigenvalue weighted by Crippen LogP contribution is 2.06. The number of aryl methyl sites for hydroxylation is 1. The highest BCUT2D eigenvalue weighted by molar-refractivity contribution is 14.0. The summed E-state index contributed by atoms with van der Waals surface area (Å²) in [7, 11) is 6.06. The fourth-order valence-electron chi connectivity index (χ4n) is 2.77. The second-order valence-electron chi connectivity index (χ2n) is 6.60. The number of hydrogen-bond donors (Lipinski definition) is 2. The van der Waals surface area contributed by atoms with E-state index in [-0.39, 0.29) is 24.0 Å². The zero-order valence-corrected chi connectivity index (χ0v) is 18.5. The SMILES string of the molecule is CN=C(NCc1cccc(C)c1)NCC(Cc1ccccc1)N(C)C.I. The molecule has 0 saturated carbocycles. The topological polar surface area (TPSA) is 39.7 Å². The normalized spacial score (nSPS) is 12.4. The number of nitrogens with one attached hydrogen (secondary N) is 2. The summed E-state index contributed by atoms with van der Waals surface area (Å²) in [4.78, 5) is 6.60. The van der Waals surface area contributed by atoms with E-state index in [0.717, 1.165) is 25.5 Å². The molecule has 1 atom stereocenters. The molecule has 2 aromatic carbocycles. The van der Waals surface area contributed by atoms with E-state index in [0.29, 0.717) is 6.04 Å². The summed E-state index contributed by atoms with van der Waals surface area (Å²) in [6.07, 6.45) is 1.01. The van der Waals surface area contributed by atoms with E-state index in [4.69, 9.17) is 0 Å². The van der Waals surface area contributed by atoms with E-state index in [9.17, 15) is 0 Å². The van der Waals surface area contributed by atoms with Gasteiger partial charge in [-0.1, -0.05) is 60.2 Å². The molecule has 1 unspecified atom stereocenters. The molecule has 5 heteroatoms. The summed E-state index contributed by atoms with van der Waals surface area (Å²) in [5.74, 6) is 0.835. The minimum atomic E-state index is 0. The van der Waals surface area contributed by atoms with Crippen LogP contribution in [0.1, 0.15) is 16.7 Å². The van der Waals surface area contributed by atoms with Crippen molar-refractivity contribution in [3.63, 3.8) is 0 Å². The van der Waals surface area contributed by atoms with E-state index < -0.39 is 0 Å². The third kappa shape index (κ3) is 7.74. The first-order valence-corrected chi connectivity index (χ1v) is 8.79. The molecule has 0 saturated heterocycles. The van der Waals surface area contributed by atoms with Crippen molar-refractivity contribution in [1.82, 2.24) is 15.5 Å². The Bertz CT molecular complexity index is 671. The predicted octanol–water partition coefficient (Wildman–Crippen LogP) is 3.45. The van der Waals surface area contributed by atoms with Crippen LogP contribution in [0.25, 0.3) is 0 Å². The highest BCUT2D eigenvalue weighted by atomic mass is 127. The number of rotatable bonds is 7. The molecule has 0 amide bonds. The lowest BCUT2D eigenvalue weighted by atomic mass is 10.1. The molecule has 0 aromatic heterocycles. The van der Waals surface area contributed by atoms with Crippen molar-refractivity contribution in [3.8, 4) is 0 Å². The van der Waals surface area contributed by atoms with Gasteiger partial charge >= 0.3 is 0 Å². The zero-order valence-electron chi connectivity index (χ0n) is 16.2. The third-order valence-electron chi connectivity index (χ3n) is 4.32. The minimum absolute atomic E-state index is 0. The van der Waals surface area contributed by atoms with Crippen LogP contribution in [-0.2, 0) is 13.0 Å². The maximum atomic E-state index is 4.34. The lowest BCUT2D eigenvalue weighted by Crippen LogP contribution is -2.45. The molecule has 2 rings (SSSR count). The van der Waals surface area contributed by atoms with Crippen LogP contribution in [0.2, 0.25) is 0 Å². The van der Waals surface area contributed by atoms with Gasteiger partial charge in [0.1, 0.15) is 0 Å². The van der Waals surface area contributed by atoms with Crippen LogP contribution in [0.15, 0.2) is 59.6 Å². The quantitative estimate of drug-likeness (QED) is 0.373. The number of aliphatic imine (C=N–C) groups is 1. The summed E-state index contributed by atoms with van der Waals surface area (Å²) in [6, 6.07) is 19.5. The summed E-state index contributed by atoms with van der Waals surface area (Å²) in [5, 5.41) is 6.84. The first kappa shape index (κ1) is 22.4. The van der Waals surface area contributed by atoms with E-state index in [1.165, 1.54) is 16.7 Å². The van der Waals surface area contributed by atoms with Crippen molar-refractivity contribution in [1.29, 1.82) is 0 Å². The Balaban J connectivity index is 0.00000338. The van der Waals surface area contributed by atoms with E-state index in [2.05, 4.69) is 96.1 Å². The fourth-order valence-corrected chi connectivity index (χ4v) is 2.77. The maximum Gasteiger partial charge on any atom is 0.191 e. The lowest BCUT2D eigenvalue weighted by molar-refractivity contribution is 0.290. The molecular formula is C21H31IN4. The number of likely N-dealkylation sites (N-methyl/N-ethyl adjacent to an activating group) is 1. The molecule has 0 heterocycles. The molecule has 0 radical (unpaired) electrons. The van der Waals surface area contributed by atoms with Gasteiger partial charge in [0.2, 0.25) is 0 Å². The van der Waals surface area contributed by atoms with Crippen LogP contribution in [0.5, 0.6) is 0 Å². The fraction of sp³-hybridized carbons (Fsp3) is 0.381. The van der Waals surface area contributed by atoms with E-state index in [1.54, 1.807) is 0 Å². The Morgan fingerprint density at radius 3 is 2.31 bits per heavy atom. The van der Waals surface area contributed by atoms with E-state index >= 15 is 0 Å². The first-order chi connectivity index (χ1) is 12.1. The molecule has 0 fully saturated rings. The van der Waals surface area contributed by atoms with Gasteiger partial charge in [0.15, 0.2) is 5.96 Å². The average molecular weight is 466 g/mol. The van der Waals surface area contributed by atoms with Crippen molar-refractivity contribution in [2.75, 3.05) is 27.7 Å². The molecule has 0 aliphatic heterocycles. The molecule has 0 aliphatic rings. The molecule has 26 heavy (non-hydrogen) atoms. The standard InChI is InChI=1S/C21H30N4.HI/c1-17-9-8-12-19(13-17)15-23-21(22-2)24-16-20(25(3)4)14-18-10-6-5-7-11-18;/h5-13,20H,14-16H2,1-4H3,(H2,22,23,24);1H. The van der Waals surface area contributed by atoms with Gasteiger partial charge in [-0.2, -0.15) is 0 Å². The number of hydrogen-bond acceptors (Lipinski definition) is 2. The average Bonchev–Trinajstić information content (AvgIpc) is 2.61. The number of nitrogens with zero attached hydrogens (tertiary/aromatic N) is 2. The molecule has 2 aromatic rings. The second-order valence-corrected chi connectivity index (χ2v) is 6.60. The van der Waals surface area contributed by atoms with Gasteiger partial charge in [-0.15, -0.1) is 24.0 Å². The van der Waals surface area contributed by atoms with Crippen LogP contribution in [0.3, 0.4) is 0 Å². The molecule has 0 bridgehead atoms. The molecule has 142 valence electrons. The van der Waals surface area contributed by atoms with Crippen LogP contribution in [-0.4, -0.2) is 44.6 Å². The lowest BCUT2D eigenvalue weighted by Gasteiger charge is -2.25. The van der Waals surface area contributed by atoms with Crippen LogP contribution in [0, 0.1) is 6.92 Å². The molecule has 0 aliphatic carbocycles. The van der Waals surface area contributed by atoms with Crippen LogP contribution >= 0.6 is 24.0 Å². The predicted molar refractivity (Wildman–Crippen MR) is 122 cm³/mol. The first-order valence-electron chi connectivity index (χ1n) is 8.79. The smallest absolute Gasteiger partial charge is 0.191 e. The monoisotopic (exact) mass is 466 g/mol. The Labute approximate surface area is 175 Å². The van der Waals surface area contributed by atoms with Gasteiger partial charge < -0.3 is 15.5 Å². The van der Waals surface area contributed by atoms with Crippen molar-refractivity contribution >= 4 is 29.9 Å². The van der Waals surface area contributed by atoms with Crippen LogP contribution < -0.4 is 10.6 Å². The molecule has 0 spiro atoms. The van der Waals surface area contributed by atoms with Gasteiger partial charge in [-0.25, -0.2) is 0 Å². The van der Waals surface area contributed by atoms with Gasteiger partial charge in [-0.3, -0.25) is 4.99 Å². The summed E-state index contributed by atoms with van der Waals surface area (Å²) in [5.41, 5.74) is 3.89. The van der Waals surface area contributed by atoms with E-state index in [1.807, 2.05) is 7.05 Å². The van der Waals surface area contributed by atoms with Gasteiger partial charge in [0.25, 0.3) is 0 Å². The largest absolute Gasteiger partial charge is 0.355 e. The van der Waals surface area contributed by atoms with Gasteiger partial charge in [-0.05, 0) is 38.6 Å². The zero-order chi connectivity index (χ0) is 18.1. The Morgan fingerprint density at radius 2 is 1.69 bits per heavy atom. The minimum Gasteiger partial charge on any atom is -0.355 e. The maximum absolute atomic E-state index is 4.34. The molecule has 4 nitrogen and oxygen atoms in total. The van der Waals surface area contributed by atoms with Gasteiger partial charge in [0, 0.05) is 26.2 Å². The molecular weight excluding hydrogens is 435 g/mol. The summed E-state index contributed by atoms with van der Waals surface area (Å²) < 4.78 is 0. The molecule has 2 N–H and O–H groups in total. The van der Waals surface area contributed by atoms with Gasteiger partial charge in [0.05, 0.1) is 0 Å². The third-order valence-corrected chi connectivity index (χ3v) is 4.32. The van der Waals surface area contributed by atoms with Crippen molar-refractivity contribution in [3.05, 3.63) is 71.3 Å². The number of guanidine groups is 1.